The zero-order valence-electron chi connectivity index (χ0n) is 13.7. The van der Waals surface area contributed by atoms with Crippen LogP contribution >= 0.6 is 0 Å². The van der Waals surface area contributed by atoms with Crippen LogP contribution in [0.3, 0.4) is 0 Å². The van der Waals surface area contributed by atoms with E-state index >= 15 is 0 Å². The van der Waals surface area contributed by atoms with Crippen molar-refractivity contribution in [2.24, 2.45) is 0 Å². The number of rotatable bonds is 6. The molecule has 0 saturated carbocycles. The van der Waals surface area contributed by atoms with E-state index in [2.05, 4.69) is 0 Å². The van der Waals surface area contributed by atoms with Crippen LogP contribution in [0.4, 0.5) is 11.4 Å². The predicted octanol–water partition coefficient (Wildman–Crippen LogP) is 2.99. The normalized spacial score (nSPS) is 12.1. The van der Waals surface area contributed by atoms with Gasteiger partial charge in [0.05, 0.1) is 21.5 Å². The lowest BCUT2D eigenvalue weighted by atomic mass is 10.1. The van der Waals surface area contributed by atoms with Gasteiger partial charge in [0.1, 0.15) is 6.61 Å². The van der Waals surface area contributed by atoms with E-state index in [1.807, 2.05) is 0 Å². The summed E-state index contributed by atoms with van der Waals surface area (Å²) in [7, 11) is 0. The maximum Gasteiger partial charge on any atom is 0.331 e. The van der Waals surface area contributed by atoms with E-state index in [9.17, 15) is 25.0 Å². The molecule has 0 N–H and O–H groups in total. The summed E-state index contributed by atoms with van der Waals surface area (Å²) in [5.74, 6) is -0.112. The van der Waals surface area contributed by atoms with Crippen molar-refractivity contribution in [3.8, 4) is 11.5 Å². The Morgan fingerprint density at radius 1 is 1.07 bits per heavy atom. The largest absolute Gasteiger partial charge is 0.458 e. The summed E-state index contributed by atoms with van der Waals surface area (Å²) in [5.41, 5.74) is 0.423. The first-order chi connectivity index (χ1) is 12.9. The van der Waals surface area contributed by atoms with Crippen LogP contribution in [-0.4, -0.2) is 22.6 Å². The van der Waals surface area contributed by atoms with Crippen LogP contribution < -0.4 is 9.47 Å². The maximum atomic E-state index is 11.8. The van der Waals surface area contributed by atoms with Gasteiger partial charge in [-0.1, -0.05) is 0 Å². The maximum absolute atomic E-state index is 11.8. The fraction of sp³-hybridized carbons (Fsp3) is 0.118. The third-order valence-electron chi connectivity index (χ3n) is 3.65. The predicted molar refractivity (Wildman–Crippen MR) is 91.1 cm³/mol. The molecule has 10 heteroatoms. The molecule has 0 fully saturated rings. The van der Waals surface area contributed by atoms with E-state index in [1.165, 1.54) is 42.5 Å². The van der Waals surface area contributed by atoms with E-state index in [0.717, 1.165) is 6.08 Å². The van der Waals surface area contributed by atoms with E-state index in [1.54, 1.807) is 0 Å². The third-order valence-corrected chi connectivity index (χ3v) is 3.65. The van der Waals surface area contributed by atoms with Gasteiger partial charge in [0.2, 0.25) is 6.79 Å². The molecule has 1 aliphatic rings. The van der Waals surface area contributed by atoms with Crippen LogP contribution in [0.5, 0.6) is 11.5 Å². The molecule has 1 aliphatic heterocycles. The molecule has 0 atom stereocenters. The third kappa shape index (κ3) is 4.18. The highest BCUT2D eigenvalue weighted by molar-refractivity contribution is 5.88. The summed E-state index contributed by atoms with van der Waals surface area (Å²) < 4.78 is 15.3. The summed E-state index contributed by atoms with van der Waals surface area (Å²) in [6.07, 6.45) is 2.30. The molecular weight excluding hydrogens is 360 g/mol. The minimum Gasteiger partial charge on any atom is -0.458 e. The average molecular weight is 372 g/mol. The number of carbonyl (C=O) groups is 1. The molecule has 27 heavy (non-hydrogen) atoms. The minimum absolute atomic E-state index is 0.0308. The summed E-state index contributed by atoms with van der Waals surface area (Å²) in [5, 5.41) is 21.8. The molecule has 0 spiro atoms. The van der Waals surface area contributed by atoms with Crippen molar-refractivity contribution in [1.29, 1.82) is 0 Å². The van der Waals surface area contributed by atoms with Gasteiger partial charge in [0, 0.05) is 18.2 Å². The number of nitro groups is 2. The lowest BCUT2D eigenvalue weighted by Crippen LogP contribution is -2.01. The van der Waals surface area contributed by atoms with Gasteiger partial charge in [-0.3, -0.25) is 20.2 Å². The summed E-state index contributed by atoms with van der Waals surface area (Å²) in [6, 6.07) is 8.17. The van der Waals surface area contributed by atoms with E-state index in [-0.39, 0.29) is 36.1 Å². The Kier molecular flexibility index (Phi) is 4.97. The highest BCUT2D eigenvalue weighted by atomic mass is 16.7. The molecule has 0 unspecified atom stereocenters. The van der Waals surface area contributed by atoms with Gasteiger partial charge in [-0.15, -0.1) is 0 Å². The Bertz CT molecular complexity index is 937. The van der Waals surface area contributed by atoms with Gasteiger partial charge in [-0.2, -0.15) is 0 Å². The lowest BCUT2D eigenvalue weighted by Gasteiger charge is -2.03. The number of nitro benzene ring substituents is 2. The monoisotopic (exact) mass is 372 g/mol. The molecule has 0 aliphatic carbocycles. The molecular formula is C17H12N2O8. The number of nitrogens with zero attached hydrogens (tertiary/aromatic N) is 2. The highest BCUT2D eigenvalue weighted by Crippen LogP contribution is 2.38. The van der Waals surface area contributed by atoms with Crippen molar-refractivity contribution >= 4 is 23.4 Å². The molecule has 0 radical (unpaired) electrons. The Labute approximate surface area is 151 Å². The Morgan fingerprint density at radius 2 is 1.74 bits per heavy atom. The van der Waals surface area contributed by atoms with Crippen molar-refractivity contribution in [1.82, 2.24) is 0 Å². The van der Waals surface area contributed by atoms with Crippen molar-refractivity contribution in [2.75, 3.05) is 6.79 Å². The number of hydrogen-bond acceptors (Lipinski definition) is 8. The second-order valence-corrected chi connectivity index (χ2v) is 5.39. The Hall–Kier alpha value is -3.95. The Morgan fingerprint density at radius 3 is 2.37 bits per heavy atom. The van der Waals surface area contributed by atoms with E-state index < -0.39 is 15.8 Å². The number of hydrogen-bond donors (Lipinski definition) is 0. The second kappa shape index (κ2) is 7.52. The summed E-state index contributed by atoms with van der Waals surface area (Å²) in [6.45, 7) is -0.124. The average Bonchev–Trinajstić information content (AvgIpc) is 3.11. The van der Waals surface area contributed by atoms with Crippen molar-refractivity contribution in [3.05, 3.63) is 73.8 Å². The zero-order chi connectivity index (χ0) is 19.4. The smallest absolute Gasteiger partial charge is 0.331 e. The van der Waals surface area contributed by atoms with Gasteiger partial charge in [-0.25, -0.2) is 4.79 Å². The summed E-state index contributed by atoms with van der Waals surface area (Å²) in [4.78, 5) is 32.5. The molecule has 0 aromatic heterocycles. The highest BCUT2D eigenvalue weighted by Gasteiger charge is 2.22. The molecule has 138 valence electrons. The van der Waals surface area contributed by atoms with Crippen molar-refractivity contribution in [2.45, 2.75) is 6.61 Å². The van der Waals surface area contributed by atoms with Gasteiger partial charge in [0.15, 0.2) is 11.5 Å². The number of ether oxygens (including phenoxy) is 3. The first-order valence-corrected chi connectivity index (χ1v) is 7.60. The van der Waals surface area contributed by atoms with Crippen LogP contribution in [0.15, 0.2) is 42.5 Å². The molecule has 0 bridgehead atoms. The quantitative estimate of drug-likeness (QED) is 0.327. The SMILES string of the molecule is O=C(/C=C/c1cc2c(cc1[N+](=O)[O-])OCO2)OCc1ccc([N+](=O)[O-])cc1. The van der Waals surface area contributed by atoms with Gasteiger partial charge in [0.25, 0.3) is 11.4 Å². The van der Waals surface area contributed by atoms with Crippen molar-refractivity contribution < 1.29 is 28.9 Å². The molecule has 3 rings (SSSR count). The van der Waals surface area contributed by atoms with Crippen molar-refractivity contribution in [3.63, 3.8) is 0 Å². The number of fused-ring (bicyclic) bond motifs is 1. The molecule has 2 aromatic carbocycles. The molecule has 0 amide bonds. The fourth-order valence-electron chi connectivity index (χ4n) is 2.31. The van der Waals surface area contributed by atoms with Gasteiger partial charge >= 0.3 is 5.97 Å². The number of esters is 1. The Balaban J connectivity index is 1.66. The molecule has 0 saturated heterocycles. The first kappa shape index (κ1) is 17.9. The van der Waals surface area contributed by atoms with Crippen LogP contribution in [-0.2, 0) is 16.1 Å². The molecule has 1 heterocycles. The molecule has 10 nitrogen and oxygen atoms in total. The van der Waals surface area contributed by atoms with Crippen LogP contribution in [0.25, 0.3) is 6.08 Å². The standard InChI is InChI=1S/C17H12N2O8/c20-17(25-9-11-1-4-13(5-2-11)18(21)22)6-3-12-7-15-16(27-10-26-15)8-14(12)19(23)24/h1-8H,9-10H2/b6-3+. The minimum atomic E-state index is -0.722. The summed E-state index contributed by atoms with van der Waals surface area (Å²) >= 11 is 0. The zero-order valence-corrected chi connectivity index (χ0v) is 13.7. The second-order valence-electron chi connectivity index (χ2n) is 5.39. The van der Waals surface area contributed by atoms with Gasteiger partial charge < -0.3 is 14.2 Å². The van der Waals surface area contributed by atoms with Gasteiger partial charge in [-0.05, 0) is 29.8 Å². The molecule has 2 aromatic rings. The number of non-ortho nitro benzene ring substituents is 1. The topological polar surface area (TPSA) is 131 Å². The van der Waals surface area contributed by atoms with Crippen LogP contribution in [0.2, 0.25) is 0 Å². The number of benzene rings is 2. The fourth-order valence-corrected chi connectivity index (χ4v) is 2.31. The first-order valence-electron chi connectivity index (χ1n) is 7.60. The van der Waals surface area contributed by atoms with Crippen LogP contribution in [0.1, 0.15) is 11.1 Å². The van der Waals surface area contributed by atoms with E-state index in [0.29, 0.717) is 11.3 Å². The van der Waals surface area contributed by atoms with E-state index in [4.69, 9.17) is 14.2 Å². The van der Waals surface area contributed by atoms with Crippen LogP contribution in [0, 0.1) is 20.2 Å². The lowest BCUT2D eigenvalue weighted by molar-refractivity contribution is -0.385. The number of carbonyl (C=O) groups excluding carboxylic acids is 1.